The zero-order valence-corrected chi connectivity index (χ0v) is 17.4. The van der Waals surface area contributed by atoms with Crippen LogP contribution in [0.15, 0.2) is 54.6 Å². The molecule has 4 rings (SSSR count). The third-order valence-electron chi connectivity index (χ3n) is 5.63. The third-order valence-corrected chi connectivity index (χ3v) is 5.63. The van der Waals surface area contributed by atoms with Gasteiger partial charge in [0.15, 0.2) is 6.61 Å². The normalized spacial score (nSPS) is 15.0. The Bertz CT molecular complexity index is 1170. The molecule has 1 aromatic heterocycles. The molecule has 2 aromatic carbocycles. The molecule has 1 atom stereocenters. The van der Waals surface area contributed by atoms with Crippen molar-refractivity contribution < 1.29 is 14.3 Å². The van der Waals surface area contributed by atoms with E-state index in [-0.39, 0.29) is 6.54 Å². The van der Waals surface area contributed by atoms with Crippen LogP contribution in [0, 0.1) is 17.2 Å². The number of ether oxygens (including phenoxy) is 1. The van der Waals surface area contributed by atoms with E-state index < -0.39 is 18.5 Å². The molecule has 0 N–H and O–H groups in total. The van der Waals surface area contributed by atoms with Gasteiger partial charge in [0.05, 0.1) is 17.1 Å². The summed E-state index contributed by atoms with van der Waals surface area (Å²) in [6.07, 6.45) is 2.62. The Balaban J connectivity index is 1.61. The minimum atomic E-state index is -0.526. The number of nitriles is 1. The van der Waals surface area contributed by atoms with Gasteiger partial charge in [-0.1, -0.05) is 43.3 Å². The summed E-state index contributed by atoms with van der Waals surface area (Å²) < 4.78 is 5.48. The molecule has 1 aliphatic carbocycles. The summed E-state index contributed by atoms with van der Waals surface area (Å²) in [5.41, 5.74) is 3.71. The van der Waals surface area contributed by atoms with Gasteiger partial charge in [0, 0.05) is 16.8 Å². The van der Waals surface area contributed by atoms with Gasteiger partial charge in [-0.3, -0.25) is 14.7 Å². The Hall–Kier alpha value is -3.72. The predicted octanol–water partition coefficient (Wildman–Crippen LogP) is 4.07. The average Bonchev–Trinajstić information content (AvgIpc) is 2.80. The highest BCUT2D eigenvalue weighted by Crippen LogP contribution is 2.32. The molecule has 3 aromatic rings. The fourth-order valence-corrected chi connectivity index (χ4v) is 4.08. The van der Waals surface area contributed by atoms with Gasteiger partial charge >= 0.3 is 5.97 Å². The maximum Gasteiger partial charge on any atom is 0.339 e. The van der Waals surface area contributed by atoms with Gasteiger partial charge in [-0.25, -0.2) is 4.79 Å². The summed E-state index contributed by atoms with van der Waals surface area (Å²) in [5.74, 6) is -0.517. The minimum absolute atomic E-state index is 0.120. The summed E-state index contributed by atoms with van der Waals surface area (Å²) in [6, 6.07) is 18.4. The van der Waals surface area contributed by atoms with Crippen molar-refractivity contribution in [3.8, 4) is 6.07 Å². The molecule has 1 amide bonds. The summed E-state index contributed by atoms with van der Waals surface area (Å²) in [6.45, 7) is 1.61. The van der Waals surface area contributed by atoms with Gasteiger partial charge < -0.3 is 4.74 Å². The fraction of sp³-hybridized carbons (Fsp3) is 0.280. The number of nitrogens with zero attached hydrogens (tertiary/aromatic N) is 3. The largest absolute Gasteiger partial charge is 0.452 e. The molecule has 0 bridgehead atoms. The number of rotatable bonds is 5. The maximum absolute atomic E-state index is 13.2. The molecule has 31 heavy (non-hydrogen) atoms. The van der Waals surface area contributed by atoms with Crippen molar-refractivity contribution in [2.24, 2.45) is 5.92 Å². The molecule has 0 aliphatic heterocycles. The highest BCUT2D eigenvalue weighted by atomic mass is 16.5. The van der Waals surface area contributed by atoms with Gasteiger partial charge in [0.25, 0.3) is 5.91 Å². The predicted molar refractivity (Wildman–Crippen MR) is 118 cm³/mol. The number of esters is 1. The van der Waals surface area contributed by atoms with Gasteiger partial charge in [-0.15, -0.1) is 0 Å². The van der Waals surface area contributed by atoms with Crippen LogP contribution >= 0.6 is 0 Å². The number of hydrogen-bond donors (Lipinski definition) is 0. The molecule has 6 heteroatoms. The van der Waals surface area contributed by atoms with Crippen LogP contribution in [0.5, 0.6) is 0 Å². The van der Waals surface area contributed by atoms with Crippen molar-refractivity contribution in [3.63, 3.8) is 0 Å². The Morgan fingerprint density at radius 1 is 1.16 bits per heavy atom. The molecule has 0 unspecified atom stereocenters. The van der Waals surface area contributed by atoms with E-state index in [1.807, 2.05) is 36.4 Å². The number of aryl methyl sites for hydroxylation is 1. The van der Waals surface area contributed by atoms with E-state index in [9.17, 15) is 9.59 Å². The lowest BCUT2D eigenvalue weighted by Gasteiger charge is -2.24. The first-order valence-electron chi connectivity index (χ1n) is 10.4. The van der Waals surface area contributed by atoms with Gasteiger partial charge in [0.1, 0.15) is 6.54 Å². The van der Waals surface area contributed by atoms with Crippen molar-refractivity contribution in [1.82, 2.24) is 4.98 Å². The van der Waals surface area contributed by atoms with Gasteiger partial charge in [0.2, 0.25) is 0 Å². The third kappa shape index (κ3) is 4.26. The van der Waals surface area contributed by atoms with E-state index in [0.717, 1.165) is 41.4 Å². The second-order valence-corrected chi connectivity index (χ2v) is 7.83. The van der Waals surface area contributed by atoms with Crippen molar-refractivity contribution in [3.05, 3.63) is 71.4 Å². The molecule has 0 saturated carbocycles. The first kappa shape index (κ1) is 20.5. The number of anilines is 1. The van der Waals surface area contributed by atoms with Crippen LogP contribution in [-0.2, 0) is 22.4 Å². The SMILES string of the molecule is C[C@@H]1CCc2nc3ccccc3c(C(=O)OCC(=O)N(CC#N)c3ccccc3)c2C1. The quantitative estimate of drug-likeness (QED) is 0.465. The highest BCUT2D eigenvalue weighted by Gasteiger charge is 2.27. The minimum Gasteiger partial charge on any atom is -0.452 e. The Morgan fingerprint density at radius 2 is 1.90 bits per heavy atom. The lowest BCUT2D eigenvalue weighted by atomic mass is 9.84. The van der Waals surface area contributed by atoms with Crippen LogP contribution < -0.4 is 4.90 Å². The van der Waals surface area contributed by atoms with E-state index in [2.05, 4.69) is 6.92 Å². The van der Waals surface area contributed by atoms with Gasteiger partial charge in [-0.05, 0) is 48.9 Å². The second-order valence-electron chi connectivity index (χ2n) is 7.83. The summed E-state index contributed by atoms with van der Waals surface area (Å²) in [7, 11) is 0. The van der Waals surface area contributed by atoms with Gasteiger partial charge in [-0.2, -0.15) is 5.26 Å². The van der Waals surface area contributed by atoms with E-state index in [0.29, 0.717) is 17.2 Å². The number of fused-ring (bicyclic) bond motifs is 2. The summed E-state index contributed by atoms with van der Waals surface area (Å²) >= 11 is 0. The van der Waals surface area contributed by atoms with Crippen LogP contribution in [-0.4, -0.2) is 30.0 Å². The van der Waals surface area contributed by atoms with Crippen molar-refractivity contribution >= 4 is 28.5 Å². The number of pyridine rings is 1. The zero-order chi connectivity index (χ0) is 21.8. The van der Waals surface area contributed by atoms with Crippen LogP contribution in [0.1, 0.15) is 35.0 Å². The van der Waals surface area contributed by atoms with E-state index in [1.165, 1.54) is 4.90 Å². The monoisotopic (exact) mass is 413 g/mol. The number of aromatic nitrogens is 1. The Kier molecular flexibility index (Phi) is 5.94. The van der Waals surface area contributed by atoms with Crippen molar-refractivity contribution in [2.45, 2.75) is 26.2 Å². The topological polar surface area (TPSA) is 83.3 Å². The number of benzene rings is 2. The molecular formula is C25H23N3O3. The Labute approximate surface area is 181 Å². The molecule has 0 saturated heterocycles. The molecule has 1 heterocycles. The van der Waals surface area contributed by atoms with Crippen molar-refractivity contribution in [2.75, 3.05) is 18.1 Å². The fourth-order valence-electron chi connectivity index (χ4n) is 4.08. The highest BCUT2D eigenvalue weighted by molar-refractivity contribution is 6.06. The maximum atomic E-state index is 13.2. The van der Waals surface area contributed by atoms with Crippen LogP contribution in [0.3, 0.4) is 0 Å². The lowest BCUT2D eigenvalue weighted by Crippen LogP contribution is -2.35. The lowest BCUT2D eigenvalue weighted by molar-refractivity contribution is -0.121. The number of carbonyl (C=O) groups excluding carboxylic acids is 2. The summed E-state index contributed by atoms with van der Waals surface area (Å²) in [5, 5.41) is 9.86. The van der Waals surface area contributed by atoms with E-state index in [4.69, 9.17) is 15.0 Å². The molecule has 0 radical (unpaired) electrons. The number of carbonyl (C=O) groups is 2. The second kappa shape index (κ2) is 8.97. The standard InChI is InChI=1S/C25H23N3O3/c1-17-11-12-22-20(15-17)24(19-9-5-6-10-21(19)27-22)25(30)31-16-23(29)28(14-13-26)18-7-3-2-4-8-18/h2-10,17H,11-12,14-16H2,1H3/t17-/m1/s1. The van der Waals surface area contributed by atoms with Crippen molar-refractivity contribution in [1.29, 1.82) is 5.26 Å². The number of para-hydroxylation sites is 2. The molecular weight excluding hydrogens is 390 g/mol. The number of amides is 1. The van der Waals surface area contributed by atoms with Crippen LogP contribution in [0.25, 0.3) is 10.9 Å². The smallest absolute Gasteiger partial charge is 0.339 e. The van der Waals surface area contributed by atoms with Crippen LogP contribution in [0.2, 0.25) is 0 Å². The van der Waals surface area contributed by atoms with E-state index >= 15 is 0 Å². The molecule has 6 nitrogen and oxygen atoms in total. The first-order valence-corrected chi connectivity index (χ1v) is 10.4. The van der Waals surface area contributed by atoms with Crippen LogP contribution in [0.4, 0.5) is 5.69 Å². The Morgan fingerprint density at radius 3 is 2.68 bits per heavy atom. The molecule has 0 spiro atoms. The molecule has 1 aliphatic rings. The average molecular weight is 413 g/mol. The molecule has 0 fully saturated rings. The molecule has 156 valence electrons. The first-order chi connectivity index (χ1) is 15.1. The summed E-state index contributed by atoms with van der Waals surface area (Å²) in [4.78, 5) is 32.0. The zero-order valence-electron chi connectivity index (χ0n) is 17.4. The van der Waals surface area contributed by atoms with E-state index in [1.54, 1.807) is 24.3 Å². The number of hydrogen-bond acceptors (Lipinski definition) is 5.